The number of thioether (sulfide) groups is 1. The number of nitrogens with one attached hydrogen (secondary N) is 1. The summed E-state index contributed by atoms with van der Waals surface area (Å²) in [5, 5.41) is 13.0. The molecule has 54 heavy (non-hydrogen) atoms. The molecule has 1 aromatic heterocycles. The third kappa shape index (κ3) is 7.61. The van der Waals surface area contributed by atoms with Gasteiger partial charge >= 0.3 is 11.9 Å². The van der Waals surface area contributed by atoms with Crippen LogP contribution in [0, 0.1) is 0 Å². The third-order valence-corrected chi connectivity index (χ3v) is 10.3. The molecule has 6 aromatic rings. The van der Waals surface area contributed by atoms with Gasteiger partial charge in [-0.2, -0.15) is 0 Å². The standard InChI is InChI=1S/C43H34N2O8S/c46-24-27-13-15-28(16-14-27)36-22-33(25-54-43-45-37(29-7-3-1-4-8-29)38(52-43)30-9-5-2-6-10-30)50-42(51-36)31-17-11-26(12-18-31)23-44-39(47)32-19-20-34-35(21-32)41(49)53-40(34)48/h1-21,33,36,42,46H,22-25H2,(H,44,47)/t33-,36+,42?/m0/s1. The molecule has 10 nitrogen and oxygen atoms in total. The van der Waals surface area contributed by atoms with E-state index in [2.05, 4.69) is 10.1 Å². The van der Waals surface area contributed by atoms with E-state index in [4.69, 9.17) is 18.9 Å². The van der Waals surface area contributed by atoms with Crippen molar-refractivity contribution < 1.29 is 38.1 Å². The Balaban J connectivity index is 0.976. The molecule has 5 aromatic carbocycles. The average molecular weight is 739 g/mol. The van der Waals surface area contributed by atoms with Crippen LogP contribution in [-0.4, -0.2) is 39.8 Å². The van der Waals surface area contributed by atoms with E-state index in [0.717, 1.165) is 39.1 Å². The van der Waals surface area contributed by atoms with E-state index in [1.807, 2.05) is 109 Å². The molecule has 0 bridgehead atoms. The molecule has 270 valence electrons. The molecule has 2 N–H and O–H groups in total. The quantitative estimate of drug-likeness (QED) is 0.0763. The second-order valence-corrected chi connectivity index (χ2v) is 13.9. The Morgan fingerprint density at radius 3 is 2.15 bits per heavy atom. The smallest absolute Gasteiger partial charge is 0.346 e. The van der Waals surface area contributed by atoms with E-state index in [-0.39, 0.29) is 48.0 Å². The Kier molecular flexibility index (Phi) is 10.2. The highest BCUT2D eigenvalue weighted by atomic mass is 32.2. The number of aliphatic hydroxyl groups excluding tert-OH is 1. The molecular weight excluding hydrogens is 705 g/mol. The van der Waals surface area contributed by atoms with E-state index in [1.54, 1.807) is 0 Å². The normalized spacial score (nSPS) is 17.9. The maximum absolute atomic E-state index is 12.9. The number of hydrogen-bond donors (Lipinski definition) is 2. The minimum absolute atomic E-state index is 0.0430. The van der Waals surface area contributed by atoms with Crippen molar-refractivity contribution in [2.24, 2.45) is 0 Å². The van der Waals surface area contributed by atoms with Crippen LogP contribution in [-0.2, 0) is 27.4 Å². The fourth-order valence-electron chi connectivity index (χ4n) is 6.43. The van der Waals surface area contributed by atoms with Crippen LogP contribution in [0.2, 0.25) is 0 Å². The molecule has 0 radical (unpaired) electrons. The van der Waals surface area contributed by atoms with E-state index in [0.29, 0.717) is 23.2 Å². The first-order valence-electron chi connectivity index (χ1n) is 17.4. The summed E-state index contributed by atoms with van der Waals surface area (Å²) in [6.45, 7) is 0.190. The number of oxazole rings is 1. The van der Waals surface area contributed by atoms with Crippen LogP contribution in [0.5, 0.6) is 0 Å². The van der Waals surface area contributed by atoms with Gasteiger partial charge in [-0.05, 0) is 34.9 Å². The first-order chi connectivity index (χ1) is 26.4. The molecule has 1 unspecified atom stereocenters. The Labute approximate surface area is 315 Å². The van der Waals surface area contributed by atoms with Gasteiger partial charge < -0.3 is 29.1 Å². The Hall–Kier alpha value is -5.85. The highest BCUT2D eigenvalue weighted by Gasteiger charge is 2.33. The predicted octanol–water partition coefficient (Wildman–Crippen LogP) is 8.08. The Morgan fingerprint density at radius 1 is 0.759 bits per heavy atom. The zero-order valence-electron chi connectivity index (χ0n) is 28.8. The van der Waals surface area contributed by atoms with E-state index in [9.17, 15) is 19.5 Å². The summed E-state index contributed by atoms with van der Waals surface area (Å²) in [5.41, 5.74) is 6.63. The summed E-state index contributed by atoms with van der Waals surface area (Å²) in [7, 11) is 0. The van der Waals surface area contributed by atoms with E-state index in [1.165, 1.54) is 30.0 Å². The molecule has 8 rings (SSSR count). The third-order valence-electron chi connectivity index (χ3n) is 9.31. The summed E-state index contributed by atoms with van der Waals surface area (Å²) < 4.78 is 24.1. The summed E-state index contributed by atoms with van der Waals surface area (Å²) in [5.74, 6) is -0.590. The number of amides is 1. The van der Waals surface area contributed by atoms with Crippen molar-refractivity contribution in [2.75, 3.05) is 5.75 Å². The zero-order valence-corrected chi connectivity index (χ0v) is 29.7. The summed E-state index contributed by atoms with van der Waals surface area (Å²) in [6.07, 6.45) is -0.570. The van der Waals surface area contributed by atoms with Gasteiger partial charge in [0, 0.05) is 41.0 Å². The second-order valence-electron chi connectivity index (χ2n) is 12.9. The van der Waals surface area contributed by atoms with Crippen molar-refractivity contribution in [2.45, 2.75) is 43.3 Å². The van der Waals surface area contributed by atoms with Crippen LogP contribution < -0.4 is 5.32 Å². The molecule has 3 heterocycles. The van der Waals surface area contributed by atoms with Crippen LogP contribution in [0.4, 0.5) is 0 Å². The second kappa shape index (κ2) is 15.6. The topological polar surface area (TPSA) is 137 Å². The van der Waals surface area contributed by atoms with Gasteiger partial charge in [0.05, 0.1) is 29.9 Å². The molecule has 11 heteroatoms. The molecular formula is C43H34N2O8S. The first-order valence-corrected chi connectivity index (χ1v) is 18.4. The van der Waals surface area contributed by atoms with Crippen LogP contribution in [0.3, 0.4) is 0 Å². The minimum Gasteiger partial charge on any atom is -0.431 e. The largest absolute Gasteiger partial charge is 0.431 e. The van der Waals surface area contributed by atoms with Gasteiger partial charge in [0.1, 0.15) is 5.69 Å². The molecule has 1 fully saturated rings. The molecule has 1 saturated heterocycles. The van der Waals surface area contributed by atoms with Gasteiger partial charge in [-0.25, -0.2) is 14.6 Å². The first kappa shape index (κ1) is 35.2. The number of carbonyl (C=O) groups is 3. The Bertz CT molecular complexity index is 2240. The number of aromatic nitrogens is 1. The minimum atomic E-state index is -0.760. The van der Waals surface area contributed by atoms with Gasteiger partial charge in [-0.1, -0.05) is 121 Å². The van der Waals surface area contributed by atoms with Crippen molar-refractivity contribution in [1.29, 1.82) is 0 Å². The van der Waals surface area contributed by atoms with Gasteiger partial charge in [0.25, 0.3) is 11.1 Å². The van der Waals surface area contributed by atoms with E-state index < -0.39 is 18.2 Å². The van der Waals surface area contributed by atoms with Gasteiger partial charge in [0.15, 0.2) is 12.1 Å². The molecule has 3 atom stereocenters. The van der Waals surface area contributed by atoms with Crippen molar-refractivity contribution in [3.8, 4) is 22.6 Å². The summed E-state index contributed by atoms with van der Waals surface area (Å²) >= 11 is 1.49. The van der Waals surface area contributed by atoms with Crippen LogP contribution in [0.15, 0.2) is 137 Å². The number of nitrogens with zero attached hydrogens (tertiary/aromatic N) is 1. The lowest BCUT2D eigenvalue weighted by Crippen LogP contribution is -2.31. The zero-order chi connectivity index (χ0) is 37.0. The number of aliphatic hydroxyl groups is 1. The van der Waals surface area contributed by atoms with Crippen LogP contribution in [0.25, 0.3) is 22.6 Å². The summed E-state index contributed by atoms with van der Waals surface area (Å²) in [4.78, 5) is 41.5. The molecule has 0 spiro atoms. The number of rotatable bonds is 11. The number of cyclic esters (lactones) is 2. The molecule has 0 aliphatic carbocycles. The number of fused-ring (bicyclic) bond motifs is 1. The number of ether oxygens (including phenoxy) is 3. The molecule has 2 aliphatic heterocycles. The maximum atomic E-state index is 12.9. The van der Waals surface area contributed by atoms with Gasteiger partial charge in [-0.15, -0.1) is 0 Å². The number of carbonyl (C=O) groups excluding carboxylic acids is 3. The fourth-order valence-corrected chi connectivity index (χ4v) is 7.27. The SMILES string of the molecule is O=C(NCc1ccc(C2O[C@H](CSc3nc(-c4ccccc4)c(-c4ccccc4)o3)C[C@H](c3ccc(CO)cc3)O2)cc1)c1ccc2c(c1)C(=O)OC2=O. The van der Waals surface area contributed by atoms with Crippen molar-refractivity contribution in [3.05, 3.63) is 166 Å². The number of esters is 2. The lowest BCUT2D eigenvalue weighted by molar-refractivity contribution is -0.245. The maximum Gasteiger partial charge on any atom is 0.346 e. The van der Waals surface area contributed by atoms with Gasteiger partial charge in [-0.3, -0.25) is 4.79 Å². The number of hydrogen-bond acceptors (Lipinski definition) is 10. The lowest BCUT2D eigenvalue weighted by atomic mass is 10.0. The highest BCUT2D eigenvalue weighted by Crippen LogP contribution is 2.41. The number of benzene rings is 5. The van der Waals surface area contributed by atoms with Crippen molar-refractivity contribution >= 4 is 29.6 Å². The van der Waals surface area contributed by atoms with Gasteiger partial charge in [0.2, 0.25) is 0 Å². The lowest BCUT2D eigenvalue weighted by Gasteiger charge is -2.36. The van der Waals surface area contributed by atoms with E-state index >= 15 is 0 Å². The Morgan fingerprint density at radius 2 is 1.43 bits per heavy atom. The average Bonchev–Trinajstić information content (AvgIpc) is 3.79. The van der Waals surface area contributed by atoms with Crippen molar-refractivity contribution in [1.82, 2.24) is 10.3 Å². The highest BCUT2D eigenvalue weighted by molar-refractivity contribution is 7.99. The predicted molar refractivity (Wildman–Crippen MR) is 200 cm³/mol. The van der Waals surface area contributed by atoms with Crippen LogP contribution in [0.1, 0.15) is 72.1 Å². The van der Waals surface area contributed by atoms with Crippen molar-refractivity contribution in [3.63, 3.8) is 0 Å². The fraction of sp³-hybridized carbons (Fsp3) is 0.163. The summed E-state index contributed by atoms with van der Waals surface area (Å²) in [6, 6.07) is 39.6. The van der Waals surface area contributed by atoms with Crippen LogP contribution >= 0.6 is 11.8 Å². The molecule has 1 amide bonds. The molecule has 0 saturated carbocycles. The monoisotopic (exact) mass is 738 g/mol. The molecule has 2 aliphatic rings.